The van der Waals surface area contributed by atoms with E-state index in [4.69, 9.17) is 21.9 Å². The molecule has 0 atom stereocenters. The van der Waals surface area contributed by atoms with Crippen molar-refractivity contribution in [2.75, 3.05) is 5.73 Å². The van der Waals surface area contributed by atoms with Gasteiger partial charge in [0.05, 0.1) is 5.56 Å². The predicted octanol–water partition coefficient (Wildman–Crippen LogP) is 4.86. The maximum atomic E-state index is 6.14. The van der Waals surface area contributed by atoms with Gasteiger partial charge in [-0.2, -0.15) is 0 Å². The third-order valence-electron chi connectivity index (χ3n) is 3.34. The molecule has 0 bridgehead atoms. The standard InChI is InChI=1S/C17H15ClN2O/c1-10-4-3-5-12(6-10)15-16(20-21-17(15)19)13-7-11(2)8-14(18)9-13/h3-9H,19H2,1-2H3. The second-order valence-electron chi connectivity index (χ2n) is 5.16. The van der Waals surface area contributed by atoms with Crippen LogP contribution in [0.2, 0.25) is 5.02 Å². The second-order valence-corrected chi connectivity index (χ2v) is 5.59. The summed E-state index contributed by atoms with van der Waals surface area (Å²) in [4.78, 5) is 0. The molecule has 0 fully saturated rings. The number of benzene rings is 2. The van der Waals surface area contributed by atoms with Crippen LogP contribution in [0.5, 0.6) is 0 Å². The Morgan fingerprint density at radius 3 is 2.48 bits per heavy atom. The van der Waals surface area contributed by atoms with Crippen molar-refractivity contribution in [1.82, 2.24) is 5.16 Å². The summed E-state index contributed by atoms with van der Waals surface area (Å²) in [5.74, 6) is 0.313. The van der Waals surface area contributed by atoms with Crippen molar-refractivity contribution in [2.45, 2.75) is 13.8 Å². The number of aromatic nitrogens is 1. The van der Waals surface area contributed by atoms with Gasteiger partial charge < -0.3 is 10.3 Å². The molecule has 0 spiro atoms. The Balaban J connectivity index is 2.21. The van der Waals surface area contributed by atoms with E-state index in [9.17, 15) is 0 Å². The molecule has 3 nitrogen and oxygen atoms in total. The monoisotopic (exact) mass is 298 g/mol. The van der Waals surface area contributed by atoms with Crippen LogP contribution in [0.25, 0.3) is 22.4 Å². The minimum atomic E-state index is 0.313. The average Bonchev–Trinajstić information content (AvgIpc) is 2.79. The first kappa shape index (κ1) is 13.7. The van der Waals surface area contributed by atoms with Gasteiger partial charge in [0.1, 0.15) is 5.69 Å². The lowest BCUT2D eigenvalue weighted by atomic mass is 9.99. The lowest BCUT2D eigenvalue weighted by molar-refractivity contribution is 0.439. The Hall–Kier alpha value is -2.26. The van der Waals surface area contributed by atoms with E-state index in [1.165, 1.54) is 0 Å². The zero-order valence-corrected chi connectivity index (χ0v) is 12.6. The molecule has 4 heteroatoms. The average molecular weight is 299 g/mol. The maximum absolute atomic E-state index is 6.14. The van der Waals surface area contributed by atoms with E-state index in [2.05, 4.69) is 11.2 Å². The molecule has 0 unspecified atom stereocenters. The summed E-state index contributed by atoms with van der Waals surface area (Å²) in [6, 6.07) is 13.9. The van der Waals surface area contributed by atoms with Gasteiger partial charge in [0.25, 0.3) is 0 Å². The lowest BCUT2D eigenvalue weighted by Gasteiger charge is -2.05. The van der Waals surface area contributed by atoms with E-state index in [1.807, 2.05) is 50.2 Å². The van der Waals surface area contributed by atoms with E-state index >= 15 is 0 Å². The highest BCUT2D eigenvalue weighted by molar-refractivity contribution is 6.31. The fraction of sp³-hybridized carbons (Fsp3) is 0.118. The third-order valence-corrected chi connectivity index (χ3v) is 3.56. The van der Waals surface area contributed by atoms with Crippen molar-refractivity contribution in [1.29, 1.82) is 0 Å². The highest BCUT2D eigenvalue weighted by atomic mass is 35.5. The van der Waals surface area contributed by atoms with Gasteiger partial charge in [0.15, 0.2) is 0 Å². The second kappa shape index (κ2) is 5.26. The summed E-state index contributed by atoms with van der Waals surface area (Å²) in [5.41, 5.74) is 11.6. The molecule has 1 heterocycles. The number of rotatable bonds is 2. The number of hydrogen-bond donors (Lipinski definition) is 1. The topological polar surface area (TPSA) is 52.0 Å². The molecule has 3 rings (SSSR count). The van der Waals surface area contributed by atoms with Crippen molar-refractivity contribution in [2.24, 2.45) is 0 Å². The largest absolute Gasteiger partial charge is 0.367 e. The van der Waals surface area contributed by atoms with Crippen LogP contribution < -0.4 is 5.73 Å². The van der Waals surface area contributed by atoms with E-state index in [0.717, 1.165) is 27.8 Å². The van der Waals surface area contributed by atoms with Crippen LogP contribution in [0.3, 0.4) is 0 Å². The molecular formula is C17H15ClN2O. The molecule has 0 amide bonds. The van der Waals surface area contributed by atoms with Crippen molar-refractivity contribution in [3.05, 3.63) is 58.6 Å². The van der Waals surface area contributed by atoms with E-state index < -0.39 is 0 Å². The Morgan fingerprint density at radius 1 is 1.00 bits per heavy atom. The van der Waals surface area contributed by atoms with Crippen molar-refractivity contribution < 1.29 is 4.52 Å². The molecule has 0 saturated carbocycles. The molecule has 0 aliphatic rings. The normalized spacial score (nSPS) is 10.8. The smallest absolute Gasteiger partial charge is 0.230 e. The summed E-state index contributed by atoms with van der Waals surface area (Å²) in [6.07, 6.45) is 0. The Morgan fingerprint density at radius 2 is 1.76 bits per heavy atom. The van der Waals surface area contributed by atoms with Gasteiger partial charge in [-0.3, -0.25) is 0 Å². The summed E-state index contributed by atoms with van der Waals surface area (Å²) in [7, 11) is 0. The summed E-state index contributed by atoms with van der Waals surface area (Å²) >= 11 is 6.14. The first-order chi connectivity index (χ1) is 10.0. The molecular weight excluding hydrogens is 284 g/mol. The van der Waals surface area contributed by atoms with Crippen LogP contribution >= 0.6 is 11.6 Å². The Kier molecular flexibility index (Phi) is 3.43. The maximum Gasteiger partial charge on any atom is 0.230 e. The molecule has 1 aromatic heterocycles. The number of hydrogen-bond acceptors (Lipinski definition) is 3. The van der Waals surface area contributed by atoms with Gasteiger partial charge in [-0.15, -0.1) is 0 Å². The zero-order chi connectivity index (χ0) is 15.0. The van der Waals surface area contributed by atoms with E-state index in [-0.39, 0.29) is 0 Å². The van der Waals surface area contributed by atoms with E-state index in [1.54, 1.807) is 0 Å². The van der Waals surface area contributed by atoms with Crippen molar-refractivity contribution in [3.63, 3.8) is 0 Å². The van der Waals surface area contributed by atoms with Crippen molar-refractivity contribution >= 4 is 17.5 Å². The number of anilines is 1. The number of halogens is 1. The molecule has 0 aliphatic heterocycles. The Labute approximate surface area is 128 Å². The van der Waals surface area contributed by atoms with E-state index in [0.29, 0.717) is 16.6 Å². The van der Waals surface area contributed by atoms with Gasteiger partial charge in [-0.25, -0.2) is 0 Å². The number of nitrogens with two attached hydrogens (primary N) is 1. The third kappa shape index (κ3) is 2.65. The Bertz CT molecular complexity index is 788. The van der Waals surface area contributed by atoms with Gasteiger partial charge in [0, 0.05) is 10.6 Å². The highest BCUT2D eigenvalue weighted by Gasteiger charge is 2.18. The molecule has 2 N–H and O–H groups in total. The molecule has 106 valence electrons. The van der Waals surface area contributed by atoms with Gasteiger partial charge in [-0.1, -0.05) is 46.6 Å². The number of aryl methyl sites for hydroxylation is 2. The molecule has 0 radical (unpaired) electrons. The zero-order valence-electron chi connectivity index (χ0n) is 11.9. The fourth-order valence-electron chi connectivity index (χ4n) is 2.45. The van der Waals surface area contributed by atoms with Crippen LogP contribution in [0.1, 0.15) is 11.1 Å². The fourth-order valence-corrected chi connectivity index (χ4v) is 2.74. The first-order valence-electron chi connectivity index (χ1n) is 6.64. The molecule has 0 saturated heterocycles. The van der Waals surface area contributed by atoms with Crippen molar-refractivity contribution in [3.8, 4) is 22.4 Å². The van der Waals surface area contributed by atoms with Crippen LogP contribution in [0, 0.1) is 13.8 Å². The van der Waals surface area contributed by atoms with Crippen LogP contribution in [-0.2, 0) is 0 Å². The summed E-state index contributed by atoms with van der Waals surface area (Å²) < 4.78 is 5.21. The predicted molar refractivity (Wildman–Crippen MR) is 86.3 cm³/mol. The van der Waals surface area contributed by atoms with Crippen LogP contribution in [-0.4, -0.2) is 5.16 Å². The van der Waals surface area contributed by atoms with Crippen LogP contribution in [0.4, 0.5) is 5.88 Å². The molecule has 21 heavy (non-hydrogen) atoms. The summed E-state index contributed by atoms with van der Waals surface area (Å²) in [6.45, 7) is 4.03. The minimum Gasteiger partial charge on any atom is -0.367 e. The van der Waals surface area contributed by atoms with Gasteiger partial charge >= 0.3 is 0 Å². The van der Waals surface area contributed by atoms with Gasteiger partial charge in [0.2, 0.25) is 5.88 Å². The number of nitrogen functional groups attached to an aromatic ring is 1. The minimum absolute atomic E-state index is 0.313. The van der Waals surface area contributed by atoms with Crippen LogP contribution in [0.15, 0.2) is 47.0 Å². The number of nitrogens with zero attached hydrogens (tertiary/aromatic N) is 1. The first-order valence-corrected chi connectivity index (χ1v) is 7.02. The molecule has 2 aromatic carbocycles. The highest BCUT2D eigenvalue weighted by Crippen LogP contribution is 2.37. The lowest BCUT2D eigenvalue weighted by Crippen LogP contribution is -1.89. The molecule has 0 aliphatic carbocycles. The summed E-state index contributed by atoms with van der Waals surface area (Å²) in [5, 5.41) is 4.78. The SMILES string of the molecule is Cc1cc(Cl)cc(-c2noc(N)c2-c2cccc(C)c2)c1. The quantitative estimate of drug-likeness (QED) is 0.735. The van der Waals surface area contributed by atoms with Gasteiger partial charge in [-0.05, 0) is 43.2 Å². The molecule has 3 aromatic rings.